The van der Waals surface area contributed by atoms with E-state index in [0.29, 0.717) is 12.2 Å². The Morgan fingerprint density at radius 3 is 2.80 bits per heavy atom. The van der Waals surface area contributed by atoms with Crippen LogP contribution < -0.4 is 5.32 Å². The third-order valence-corrected chi connectivity index (χ3v) is 6.35. The van der Waals surface area contributed by atoms with E-state index in [1.807, 2.05) is 30.3 Å². The average Bonchev–Trinajstić information content (AvgIpc) is 2.84. The summed E-state index contributed by atoms with van der Waals surface area (Å²) >= 11 is 0. The van der Waals surface area contributed by atoms with E-state index in [4.69, 9.17) is 4.42 Å². The lowest BCUT2D eigenvalue weighted by Crippen LogP contribution is -2.39. The van der Waals surface area contributed by atoms with Crippen molar-refractivity contribution in [1.29, 1.82) is 0 Å². The minimum atomic E-state index is -3.04. The van der Waals surface area contributed by atoms with Gasteiger partial charge in [-0.2, -0.15) is 0 Å². The first-order valence-corrected chi connectivity index (χ1v) is 8.71. The van der Waals surface area contributed by atoms with Crippen LogP contribution in [0.15, 0.2) is 34.7 Å². The van der Waals surface area contributed by atoms with Gasteiger partial charge in [-0.15, -0.1) is 0 Å². The van der Waals surface area contributed by atoms with Gasteiger partial charge in [0.25, 0.3) is 0 Å². The van der Waals surface area contributed by atoms with Crippen molar-refractivity contribution in [3.05, 3.63) is 36.1 Å². The number of furan rings is 1. The first kappa shape index (κ1) is 13.6. The largest absolute Gasteiger partial charge is 0.459 e. The summed E-state index contributed by atoms with van der Waals surface area (Å²) in [6.07, 6.45) is 2.43. The predicted octanol–water partition coefficient (Wildman–Crippen LogP) is 2.66. The van der Waals surface area contributed by atoms with Gasteiger partial charge in [0.1, 0.15) is 11.3 Å². The first-order chi connectivity index (χ1) is 9.62. The van der Waals surface area contributed by atoms with Crippen molar-refractivity contribution in [3.8, 4) is 0 Å². The molecule has 2 heterocycles. The number of para-hydroxylation sites is 1. The minimum Gasteiger partial charge on any atom is -0.459 e. The van der Waals surface area contributed by atoms with E-state index in [1.165, 1.54) is 0 Å². The van der Waals surface area contributed by atoms with Gasteiger partial charge < -0.3 is 9.73 Å². The van der Waals surface area contributed by atoms with Crippen LogP contribution in [0.3, 0.4) is 0 Å². The van der Waals surface area contributed by atoms with Crippen molar-refractivity contribution in [1.82, 2.24) is 5.32 Å². The van der Waals surface area contributed by atoms with Crippen LogP contribution in [0, 0.1) is 0 Å². The molecule has 2 aromatic rings. The number of rotatable bonds is 3. The van der Waals surface area contributed by atoms with Crippen LogP contribution in [-0.2, 0) is 9.84 Å². The summed E-state index contributed by atoms with van der Waals surface area (Å²) in [5, 5.41) is 3.75. The first-order valence-electron chi connectivity index (χ1n) is 6.99. The topological polar surface area (TPSA) is 59.3 Å². The molecule has 3 rings (SSSR count). The Morgan fingerprint density at radius 1 is 1.30 bits per heavy atom. The maximum atomic E-state index is 12.3. The lowest BCUT2D eigenvalue weighted by atomic mass is 10.0. The van der Waals surface area contributed by atoms with Gasteiger partial charge in [0.05, 0.1) is 17.0 Å². The Bertz CT molecular complexity index is 672. The number of nitrogens with one attached hydrogen (secondary N) is 1. The van der Waals surface area contributed by atoms with Crippen LogP contribution in [0.4, 0.5) is 0 Å². The zero-order valence-corrected chi connectivity index (χ0v) is 12.3. The lowest BCUT2D eigenvalue weighted by molar-refractivity contribution is 0.406. The summed E-state index contributed by atoms with van der Waals surface area (Å²) in [6.45, 7) is 0. The van der Waals surface area contributed by atoms with Gasteiger partial charge in [0, 0.05) is 5.39 Å². The fraction of sp³-hybridized carbons (Fsp3) is 0.467. The maximum absolute atomic E-state index is 12.3. The van der Waals surface area contributed by atoms with Gasteiger partial charge in [-0.25, -0.2) is 8.42 Å². The van der Waals surface area contributed by atoms with Crippen LogP contribution in [0.1, 0.15) is 31.1 Å². The van der Waals surface area contributed by atoms with Gasteiger partial charge in [-0.1, -0.05) is 24.6 Å². The van der Waals surface area contributed by atoms with Gasteiger partial charge in [-0.3, -0.25) is 0 Å². The van der Waals surface area contributed by atoms with Crippen molar-refractivity contribution in [2.75, 3.05) is 12.8 Å². The summed E-state index contributed by atoms with van der Waals surface area (Å²) in [6, 6.07) is 9.42. The van der Waals surface area contributed by atoms with E-state index < -0.39 is 9.84 Å². The quantitative estimate of drug-likeness (QED) is 0.945. The molecule has 1 fully saturated rings. The number of sulfone groups is 1. The summed E-state index contributed by atoms with van der Waals surface area (Å²) in [5.74, 6) is 1.000. The predicted molar refractivity (Wildman–Crippen MR) is 79.4 cm³/mol. The molecule has 1 saturated heterocycles. The van der Waals surface area contributed by atoms with Crippen molar-refractivity contribution in [2.45, 2.75) is 30.6 Å². The molecular formula is C15H19NO3S. The number of fused-ring (bicyclic) bond motifs is 1. The van der Waals surface area contributed by atoms with E-state index in [2.05, 4.69) is 5.32 Å². The monoisotopic (exact) mass is 293 g/mol. The Morgan fingerprint density at radius 2 is 2.10 bits per heavy atom. The number of hydrogen-bond donors (Lipinski definition) is 1. The Balaban J connectivity index is 2.00. The van der Waals surface area contributed by atoms with E-state index in [1.54, 1.807) is 7.05 Å². The highest BCUT2D eigenvalue weighted by molar-refractivity contribution is 7.92. The standard InChI is InChI=1S/C15H19NO3S/c1-16-15(14-8-4-5-9-20(14,17)18)13-10-11-6-2-3-7-12(11)19-13/h2-3,6-7,10,14-16H,4-5,8-9H2,1H3. The number of benzene rings is 1. The SMILES string of the molecule is CNC(c1cc2ccccc2o1)C1CCCCS1(=O)=O. The molecule has 4 nitrogen and oxygen atoms in total. The van der Waals surface area contributed by atoms with E-state index in [-0.39, 0.29) is 17.0 Å². The molecule has 1 N–H and O–H groups in total. The highest BCUT2D eigenvalue weighted by Gasteiger charge is 2.37. The van der Waals surface area contributed by atoms with Crippen LogP contribution in [0.5, 0.6) is 0 Å². The molecule has 108 valence electrons. The van der Waals surface area contributed by atoms with Crippen molar-refractivity contribution >= 4 is 20.8 Å². The molecule has 0 amide bonds. The van der Waals surface area contributed by atoms with Gasteiger partial charge >= 0.3 is 0 Å². The Kier molecular flexibility index (Phi) is 3.56. The van der Waals surface area contributed by atoms with Crippen LogP contribution in [-0.4, -0.2) is 26.5 Å². The molecule has 2 atom stereocenters. The molecule has 1 aliphatic rings. The molecule has 0 bridgehead atoms. The van der Waals surface area contributed by atoms with Crippen LogP contribution in [0.2, 0.25) is 0 Å². The second-order valence-electron chi connectivity index (χ2n) is 5.35. The summed E-state index contributed by atoms with van der Waals surface area (Å²) in [5.41, 5.74) is 0.802. The Hall–Kier alpha value is -1.33. The lowest BCUT2D eigenvalue weighted by Gasteiger charge is -2.28. The van der Waals surface area contributed by atoms with E-state index in [0.717, 1.165) is 23.8 Å². The smallest absolute Gasteiger partial charge is 0.155 e. The van der Waals surface area contributed by atoms with Crippen LogP contribution in [0.25, 0.3) is 11.0 Å². The molecule has 0 aliphatic carbocycles. The van der Waals surface area contributed by atoms with Crippen molar-refractivity contribution in [2.24, 2.45) is 0 Å². The summed E-state index contributed by atoms with van der Waals surface area (Å²) < 4.78 is 30.4. The molecule has 20 heavy (non-hydrogen) atoms. The molecular weight excluding hydrogens is 274 g/mol. The second-order valence-corrected chi connectivity index (χ2v) is 7.69. The summed E-state index contributed by atoms with van der Waals surface area (Å²) in [4.78, 5) is 0. The molecule has 2 unspecified atom stereocenters. The third kappa shape index (κ3) is 2.36. The van der Waals surface area contributed by atoms with Gasteiger partial charge in [0.15, 0.2) is 9.84 Å². The molecule has 0 saturated carbocycles. The average molecular weight is 293 g/mol. The highest BCUT2D eigenvalue weighted by Crippen LogP contribution is 2.33. The minimum absolute atomic E-state index is 0.271. The third-order valence-electron chi connectivity index (χ3n) is 4.06. The van der Waals surface area contributed by atoms with E-state index in [9.17, 15) is 8.42 Å². The molecule has 1 aliphatic heterocycles. The fourth-order valence-electron chi connectivity index (χ4n) is 3.02. The zero-order valence-electron chi connectivity index (χ0n) is 11.5. The van der Waals surface area contributed by atoms with Crippen molar-refractivity contribution in [3.63, 3.8) is 0 Å². The molecule has 1 aromatic carbocycles. The Labute approximate surface area is 119 Å². The normalized spacial score (nSPS) is 23.8. The zero-order chi connectivity index (χ0) is 14.2. The van der Waals surface area contributed by atoms with Crippen LogP contribution >= 0.6 is 0 Å². The number of hydrogen-bond acceptors (Lipinski definition) is 4. The molecule has 1 aromatic heterocycles. The molecule has 0 spiro atoms. The maximum Gasteiger partial charge on any atom is 0.155 e. The fourth-order valence-corrected chi connectivity index (χ4v) is 5.14. The van der Waals surface area contributed by atoms with Gasteiger partial charge in [0.2, 0.25) is 0 Å². The summed E-state index contributed by atoms with van der Waals surface area (Å²) in [7, 11) is -1.25. The molecule has 5 heteroatoms. The highest BCUT2D eigenvalue weighted by atomic mass is 32.2. The molecule has 0 radical (unpaired) electrons. The van der Waals surface area contributed by atoms with E-state index >= 15 is 0 Å². The van der Waals surface area contributed by atoms with Gasteiger partial charge in [-0.05, 0) is 32.0 Å². The second kappa shape index (κ2) is 5.22. The van der Waals surface area contributed by atoms with Crippen molar-refractivity contribution < 1.29 is 12.8 Å².